The van der Waals surface area contributed by atoms with E-state index in [2.05, 4.69) is 22.7 Å². The lowest BCUT2D eigenvalue weighted by Gasteiger charge is -2.00. The Bertz CT molecular complexity index is 607. The summed E-state index contributed by atoms with van der Waals surface area (Å²) in [6.45, 7) is 0. The van der Waals surface area contributed by atoms with Gasteiger partial charge in [-0.1, -0.05) is 60.7 Å². The van der Waals surface area contributed by atoms with Gasteiger partial charge in [0, 0.05) is 5.92 Å². The molecule has 100 valence electrons. The lowest BCUT2D eigenvalue weighted by atomic mass is 10.1. The first-order valence-corrected chi connectivity index (χ1v) is 6.77. The highest BCUT2D eigenvalue weighted by Gasteiger charge is 2.43. The highest BCUT2D eigenvalue weighted by Crippen LogP contribution is 2.47. The van der Waals surface area contributed by atoms with Crippen molar-refractivity contribution in [3.8, 4) is 0 Å². The lowest BCUT2D eigenvalue weighted by Crippen LogP contribution is -2.20. The van der Waals surface area contributed by atoms with E-state index < -0.39 is 0 Å². The van der Waals surface area contributed by atoms with Crippen LogP contribution in [-0.4, -0.2) is 12.1 Å². The quantitative estimate of drug-likeness (QED) is 0.669. The van der Waals surface area contributed by atoms with Crippen LogP contribution in [0.1, 0.15) is 23.5 Å². The first kappa shape index (κ1) is 12.6. The molecule has 3 heteroatoms. The molecule has 0 unspecified atom stereocenters. The molecule has 0 radical (unpaired) electrons. The first-order chi connectivity index (χ1) is 9.84. The molecule has 1 aliphatic carbocycles. The maximum absolute atomic E-state index is 12.0. The molecule has 0 saturated heterocycles. The van der Waals surface area contributed by atoms with Crippen LogP contribution in [0, 0.1) is 5.92 Å². The summed E-state index contributed by atoms with van der Waals surface area (Å²) >= 11 is 0. The maximum Gasteiger partial charge on any atom is 0.243 e. The van der Waals surface area contributed by atoms with Gasteiger partial charge in [-0.3, -0.25) is 4.79 Å². The highest BCUT2D eigenvalue weighted by atomic mass is 16.2. The number of hydrogen-bond acceptors (Lipinski definition) is 2. The Hall–Kier alpha value is -2.42. The zero-order valence-electron chi connectivity index (χ0n) is 11.1. The van der Waals surface area contributed by atoms with Gasteiger partial charge in [-0.15, -0.1) is 0 Å². The van der Waals surface area contributed by atoms with Crippen molar-refractivity contribution in [1.29, 1.82) is 0 Å². The summed E-state index contributed by atoms with van der Waals surface area (Å²) < 4.78 is 0. The van der Waals surface area contributed by atoms with Crippen LogP contribution < -0.4 is 5.43 Å². The van der Waals surface area contributed by atoms with Crippen molar-refractivity contribution < 1.29 is 4.79 Å². The zero-order valence-corrected chi connectivity index (χ0v) is 11.1. The van der Waals surface area contributed by atoms with Gasteiger partial charge in [-0.25, -0.2) is 5.43 Å². The molecule has 2 aromatic carbocycles. The predicted octanol–water partition coefficient (Wildman–Crippen LogP) is 2.94. The molecule has 0 aliphatic heterocycles. The number of rotatable bonds is 4. The molecule has 1 fully saturated rings. The van der Waals surface area contributed by atoms with Crippen LogP contribution in [0.25, 0.3) is 0 Å². The van der Waals surface area contributed by atoms with Gasteiger partial charge in [-0.2, -0.15) is 5.10 Å². The Morgan fingerprint density at radius 2 is 1.70 bits per heavy atom. The van der Waals surface area contributed by atoms with Crippen LogP contribution in [0.3, 0.4) is 0 Å². The fourth-order valence-corrected chi connectivity index (χ4v) is 2.35. The molecule has 3 rings (SSSR count). The van der Waals surface area contributed by atoms with Crippen LogP contribution in [0.2, 0.25) is 0 Å². The van der Waals surface area contributed by atoms with Crippen LogP contribution in [0.4, 0.5) is 0 Å². The fourth-order valence-electron chi connectivity index (χ4n) is 2.35. The third kappa shape index (κ3) is 2.94. The Labute approximate surface area is 118 Å². The van der Waals surface area contributed by atoms with E-state index in [1.807, 2.05) is 48.5 Å². The van der Waals surface area contributed by atoms with Crippen molar-refractivity contribution in [2.24, 2.45) is 11.0 Å². The summed E-state index contributed by atoms with van der Waals surface area (Å²) in [5, 5.41) is 4.01. The minimum absolute atomic E-state index is 0.00559. The average Bonchev–Trinajstić information content (AvgIpc) is 3.30. The predicted molar refractivity (Wildman–Crippen MR) is 79.5 cm³/mol. The third-order valence-electron chi connectivity index (χ3n) is 3.54. The minimum atomic E-state index is 0.00559. The summed E-state index contributed by atoms with van der Waals surface area (Å²) in [6.07, 6.45) is 2.58. The Morgan fingerprint density at radius 1 is 1.05 bits per heavy atom. The van der Waals surface area contributed by atoms with Crippen molar-refractivity contribution in [2.45, 2.75) is 12.3 Å². The molecule has 1 amide bonds. The molecule has 0 aromatic heterocycles. The molecule has 0 heterocycles. The zero-order chi connectivity index (χ0) is 13.8. The van der Waals surface area contributed by atoms with Crippen molar-refractivity contribution in [3.05, 3.63) is 71.8 Å². The normalized spacial score (nSPS) is 20.8. The second-order valence-corrected chi connectivity index (χ2v) is 5.00. The fraction of sp³-hybridized carbons (Fsp3) is 0.176. The summed E-state index contributed by atoms with van der Waals surface area (Å²) in [5.41, 5.74) is 4.83. The number of hydrazone groups is 1. The topological polar surface area (TPSA) is 41.5 Å². The van der Waals surface area contributed by atoms with Gasteiger partial charge in [0.25, 0.3) is 0 Å². The molecule has 3 nitrogen and oxygen atoms in total. The van der Waals surface area contributed by atoms with Crippen molar-refractivity contribution in [3.63, 3.8) is 0 Å². The van der Waals surface area contributed by atoms with E-state index in [-0.39, 0.29) is 11.8 Å². The molecule has 1 saturated carbocycles. The van der Waals surface area contributed by atoms with Crippen LogP contribution >= 0.6 is 0 Å². The van der Waals surface area contributed by atoms with E-state index >= 15 is 0 Å². The van der Waals surface area contributed by atoms with Crippen molar-refractivity contribution in [1.82, 2.24) is 5.43 Å². The average molecular weight is 264 g/mol. The standard InChI is InChI=1S/C17H16N2O/c20-17(19-18-12-13-7-3-1-4-8-13)16-11-15(16)14-9-5-2-6-10-14/h1-10,12,15-16H,11H2,(H,19,20)/b18-12-/t15-,16-/m0/s1. The lowest BCUT2D eigenvalue weighted by molar-refractivity contribution is -0.122. The molecule has 2 aromatic rings. The van der Waals surface area contributed by atoms with Crippen LogP contribution in [0.15, 0.2) is 65.8 Å². The van der Waals surface area contributed by atoms with E-state index in [9.17, 15) is 4.79 Å². The van der Waals surface area contributed by atoms with Crippen molar-refractivity contribution in [2.75, 3.05) is 0 Å². The smallest absolute Gasteiger partial charge is 0.243 e. The van der Waals surface area contributed by atoms with Gasteiger partial charge in [-0.05, 0) is 23.5 Å². The number of hydrogen-bond donors (Lipinski definition) is 1. The Balaban J connectivity index is 1.53. The molecular weight excluding hydrogens is 248 g/mol. The molecule has 1 N–H and O–H groups in total. The number of amides is 1. The van der Waals surface area contributed by atoms with Crippen LogP contribution in [0.5, 0.6) is 0 Å². The number of nitrogens with one attached hydrogen (secondary N) is 1. The molecular formula is C17H16N2O. The second kappa shape index (κ2) is 5.70. The van der Waals surface area contributed by atoms with E-state index in [0.29, 0.717) is 5.92 Å². The van der Waals surface area contributed by atoms with E-state index in [4.69, 9.17) is 0 Å². The maximum atomic E-state index is 12.0. The van der Waals surface area contributed by atoms with E-state index in [1.165, 1.54) is 5.56 Å². The minimum Gasteiger partial charge on any atom is -0.273 e. The van der Waals surface area contributed by atoms with Crippen LogP contribution in [-0.2, 0) is 4.79 Å². The number of carbonyl (C=O) groups excluding carboxylic acids is 1. The summed E-state index contributed by atoms with van der Waals surface area (Å²) in [4.78, 5) is 12.0. The molecule has 0 spiro atoms. The Kier molecular flexibility index (Phi) is 3.59. The van der Waals surface area contributed by atoms with Gasteiger partial charge in [0.15, 0.2) is 0 Å². The largest absolute Gasteiger partial charge is 0.273 e. The second-order valence-electron chi connectivity index (χ2n) is 5.00. The van der Waals surface area contributed by atoms with Gasteiger partial charge >= 0.3 is 0 Å². The van der Waals surface area contributed by atoms with Gasteiger partial charge in [0.05, 0.1) is 6.21 Å². The third-order valence-corrected chi connectivity index (χ3v) is 3.54. The van der Waals surface area contributed by atoms with Gasteiger partial charge in [0.1, 0.15) is 0 Å². The van der Waals surface area contributed by atoms with Crippen molar-refractivity contribution >= 4 is 12.1 Å². The summed E-state index contributed by atoms with van der Waals surface area (Å²) in [5.74, 6) is 0.416. The number of nitrogens with zero attached hydrogens (tertiary/aromatic N) is 1. The van der Waals surface area contributed by atoms with E-state index in [0.717, 1.165) is 12.0 Å². The summed E-state index contributed by atoms with van der Waals surface area (Å²) in [6, 6.07) is 19.9. The highest BCUT2D eigenvalue weighted by molar-refractivity contribution is 5.85. The summed E-state index contributed by atoms with van der Waals surface area (Å²) in [7, 11) is 0. The number of carbonyl (C=O) groups is 1. The first-order valence-electron chi connectivity index (χ1n) is 6.77. The molecule has 0 bridgehead atoms. The monoisotopic (exact) mass is 264 g/mol. The van der Waals surface area contributed by atoms with Gasteiger partial charge < -0.3 is 0 Å². The molecule has 20 heavy (non-hydrogen) atoms. The number of benzene rings is 2. The SMILES string of the molecule is O=C(N/N=C\c1ccccc1)[C@H]1C[C@H]1c1ccccc1. The van der Waals surface area contributed by atoms with Gasteiger partial charge in [0.2, 0.25) is 5.91 Å². The molecule has 2 atom stereocenters. The Morgan fingerprint density at radius 3 is 2.40 bits per heavy atom. The molecule has 1 aliphatic rings. The van der Waals surface area contributed by atoms with E-state index in [1.54, 1.807) is 6.21 Å².